The first kappa shape index (κ1) is 9.06. The summed E-state index contributed by atoms with van der Waals surface area (Å²) in [5, 5.41) is 8.52. The zero-order valence-corrected chi connectivity index (χ0v) is 7.84. The Labute approximate surface area is 78.3 Å². The molecule has 0 saturated heterocycles. The summed E-state index contributed by atoms with van der Waals surface area (Å²) in [7, 11) is 0. The third kappa shape index (κ3) is 1.98. The number of hydrogen-bond donors (Lipinski definition) is 2. The van der Waals surface area contributed by atoms with E-state index in [0.717, 1.165) is 0 Å². The molecule has 0 fully saturated rings. The first-order chi connectivity index (χ1) is 5.61. The molecule has 4 heteroatoms. The number of aliphatic carboxylic acids is 1. The summed E-state index contributed by atoms with van der Waals surface area (Å²) in [5.74, 6) is -0.860. The number of carboxylic acid groups (broad SMARTS) is 1. The lowest BCUT2D eigenvalue weighted by molar-refractivity contribution is -0.136. The molecule has 64 valence electrons. The predicted octanol–water partition coefficient (Wildman–Crippen LogP) is 1.66. The molecule has 0 aromatic heterocycles. The molecule has 3 N–H and O–H groups in total. The zero-order valence-electron chi connectivity index (χ0n) is 6.25. The fraction of sp³-hybridized carbons (Fsp3) is 0.125. The molecule has 0 aliphatic heterocycles. The molecule has 0 spiro atoms. The number of anilines is 1. The third-order valence-electron chi connectivity index (χ3n) is 1.45. The smallest absolute Gasteiger partial charge is 0.307 e. The Bertz CT molecular complexity index is 312. The number of carbonyl (C=O) groups is 1. The summed E-state index contributed by atoms with van der Waals surface area (Å²) in [5.41, 5.74) is 6.82. The lowest BCUT2D eigenvalue weighted by Crippen LogP contribution is -2.01. The lowest BCUT2D eigenvalue weighted by atomic mass is 10.1. The SMILES string of the molecule is Nc1cccc(CC(=O)O)c1Br. The third-order valence-corrected chi connectivity index (χ3v) is 2.42. The Hall–Kier alpha value is -1.03. The minimum Gasteiger partial charge on any atom is -0.481 e. The number of halogens is 1. The van der Waals surface area contributed by atoms with Crippen molar-refractivity contribution in [3.63, 3.8) is 0 Å². The van der Waals surface area contributed by atoms with Gasteiger partial charge in [0, 0.05) is 10.2 Å². The van der Waals surface area contributed by atoms with Gasteiger partial charge in [-0.3, -0.25) is 4.79 Å². The fourth-order valence-corrected chi connectivity index (χ4v) is 1.30. The highest BCUT2D eigenvalue weighted by Gasteiger charge is 2.06. The molecule has 0 aliphatic carbocycles. The topological polar surface area (TPSA) is 63.3 Å². The lowest BCUT2D eigenvalue weighted by Gasteiger charge is -2.03. The summed E-state index contributed by atoms with van der Waals surface area (Å²) in [6.45, 7) is 0. The molecular formula is C8H8BrNO2. The van der Waals surface area contributed by atoms with Gasteiger partial charge in [-0.05, 0) is 27.6 Å². The summed E-state index contributed by atoms with van der Waals surface area (Å²) < 4.78 is 0.674. The summed E-state index contributed by atoms with van der Waals surface area (Å²) in [6.07, 6.45) is -0.00831. The van der Waals surface area contributed by atoms with Crippen LogP contribution in [0.15, 0.2) is 22.7 Å². The fourth-order valence-electron chi connectivity index (χ4n) is 0.899. The Morgan fingerprint density at radius 3 is 2.83 bits per heavy atom. The molecule has 0 radical (unpaired) electrons. The van der Waals surface area contributed by atoms with Gasteiger partial charge in [-0.15, -0.1) is 0 Å². The van der Waals surface area contributed by atoms with Gasteiger partial charge >= 0.3 is 5.97 Å². The quantitative estimate of drug-likeness (QED) is 0.759. The van der Waals surface area contributed by atoms with Crippen LogP contribution in [0.4, 0.5) is 5.69 Å². The van der Waals surface area contributed by atoms with Crippen molar-refractivity contribution in [2.45, 2.75) is 6.42 Å². The average molecular weight is 230 g/mol. The zero-order chi connectivity index (χ0) is 9.14. The maximum absolute atomic E-state index is 10.4. The predicted molar refractivity (Wildman–Crippen MR) is 49.9 cm³/mol. The molecule has 0 aliphatic rings. The van der Waals surface area contributed by atoms with Crippen molar-refractivity contribution in [1.29, 1.82) is 0 Å². The van der Waals surface area contributed by atoms with Crippen LogP contribution in [-0.4, -0.2) is 11.1 Å². The Kier molecular flexibility index (Phi) is 2.70. The highest BCUT2D eigenvalue weighted by atomic mass is 79.9. The molecule has 1 rings (SSSR count). The average Bonchev–Trinajstić information content (AvgIpc) is 1.98. The van der Waals surface area contributed by atoms with Crippen molar-refractivity contribution in [3.8, 4) is 0 Å². The molecule has 0 atom stereocenters. The van der Waals surface area contributed by atoms with Crippen LogP contribution in [0.2, 0.25) is 0 Å². The maximum atomic E-state index is 10.4. The van der Waals surface area contributed by atoms with Gasteiger partial charge in [-0.1, -0.05) is 12.1 Å². The van der Waals surface area contributed by atoms with Crippen LogP contribution in [0.5, 0.6) is 0 Å². The van der Waals surface area contributed by atoms with Crippen molar-refractivity contribution in [3.05, 3.63) is 28.2 Å². The monoisotopic (exact) mass is 229 g/mol. The number of rotatable bonds is 2. The normalized spacial score (nSPS) is 9.75. The number of benzene rings is 1. The largest absolute Gasteiger partial charge is 0.481 e. The number of nitrogens with two attached hydrogens (primary N) is 1. The number of nitrogen functional groups attached to an aromatic ring is 1. The van der Waals surface area contributed by atoms with E-state index in [1.807, 2.05) is 0 Å². The Morgan fingerprint density at radius 1 is 1.58 bits per heavy atom. The van der Waals surface area contributed by atoms with Crippen LogP contribution in [0.25, 0.3) is 0 Å². The van der Waals surface area contributed by atoms with E-state index in [-0.39, 0.29) is 6.42 Å². The van der Waals surface area contributed by atoms with E-state index in [2.05, 4.69) is 15.9 Å². The van der Waals surface area contributed by atoms with Crippen LogP contribution < -0.4 is 5.73 Å². The highest BCUT2D eigenvalue weighted by molar-refractivity contribution is 9.10. The molecule has 0 amide bonds. The molecule has 0 saturated carbocycles. The van der Waals surface area contributed by atoms with Crippen molar-refractivity contribution >= 4 is 27.6 Å². The van der Waals surface area contributed by atoms with E-state index in [4.69, 9.17) is 10.8 Å². The van der Waals surface area contributed by atoms with Gasteiger partial charge in [-0.25, -0.2) is 0 Å². The molecule has 0 unspecified atom stereocenters. The van der Waals surface area contributed by atoms with Crippen LogP contribution in [0.1, 0.15) is 5.56 Å². The molecule has 0 bridgehead atoms. The van der Waals surface area contributed by atoms with Gasteiger partial charge in [0.2, 0.25) is 0 Å². The second-order valence-corrected chi connectivity index (χ2v) is 3.18. The molecule has 1 aromatic carbocycles. The van der Waals surface area contributed by atoms with E-state index in [1.54, 1.807) is 18.2 Å². The molecule has 12 heavy (non-hydrogen) atoms. The van der Waals surface area contributed by atoms with Gasteiger partial charge in [0.1, 0.15) is 0 Å². The molecule has 1 aromatic rings. The Balaban J connectivity index is 3.00. The standard InChI is InChI=1S/C8H8BrNO2/c9-8-5(4-7(11)12)2-1-3-6(8)10/h1-3H,4,10H2,(H,11,12). The molecule has 3 nitrogen and oxygen atoms in total. The summed E-state index contributed by atoms with van der Waals surface area (Å²) in [6, 6.07) is 5.18. The van der Waals surface area contributed by atoms with E-state index in [0.29, 0.717) is 15.7 Å². The van der Waals surface area contributed by atoms with Crippen molar-refractivity contribution in [1.82, 2.24) is 0 Å². The van der Waals surface area contributed by atoms with Gasteiger partial charge < -0.3 is 10.8 Å². The van der Waals surface area contributed by atoms with Crippen molar-refractivity contribution in [2.75, 3.05) is 5.73 Å². The molecule has 0 heterocycles. The van der Waals surface area contributed by atoms with Gasteiger partial charge in [0.05, 0.1) is 6.42 Å². The van der Waals surface area contributed by atoms with Crippen LogP contribution >= 0.6 is 15.9 Å². The number of hydrogen-bond acceptors (Lipinski definition) is 2. The van der Waals surface area contributed by atoms with Crippen LogP contribution in [0.3, 0.4) is 0 Å². The van der Waals surface area contributed by atoms with E-state index < -0.39 is 5.97 Å². The Morgan fingerprint density at radius 2 is 2.25 bits per heavy atom. The summed E-state index contributed by atoms with van der Waals surface area (Å²) in [4.78, 5) is 10.4. The van der Waals surface area contributed by atoms with Crippen molar-refractivity contribution < 1.29 is 9.90 Å². The van der Waals surface area contributed by atoms with Gasteiger partial charge in [-0.2, -0.15) is 0 Å². The second kappa shape index (κ2) is 3.58. The van der Waals surface area contributed by atoms with Crippen LogP contribution in [0, 0.1) is 0 Å². The second-order valence-electron chi connectivity index (χ2n) is 2.39. The van der Waals surface area contributed by atoms with E-state index in [1.165, 1.54) is 0 Å². The minimum atomic E-state index is -0.860. The maximum Gasteiger partial charge on any atom is 0.307 e. The molecular weight excluding hydrogens is 222 g/mol. The van der Waals surface area contributed by atoms with E-state index in [9.17, 15) is 4.79 Å². The van der Waals surface area contributed by atoms with Crippen molar-refractivity contribution in [2.24, 2.45) is 0 Å². The van der Waals surface area contributed by atoms with Gasteiger partial charge in [0.15, 0.2) is 0 Å². The number of carboxylic acids is 1. The first-order valence-corrected chi connectivity index (χ1v) is 4.15. The summed E-state index contributed by atoms with van der Waals surface area (Å²) >= 11 is 3.22. The first-order valence-electron chi connectivity index (χ1n) is 3.36. The van der Waals surface area contributed by atoms with Crippen LogP contribution in [-0.2, 0) is 11.2 Å². The van der Waals surface area contributed by atoms with Gasteiger partial charge in [0.25, 0.3) is 0 Å². The highest BCUT2D eigenvalue weighted by Crippen LogP contribution is 2.23. The minimum absolute atomic E-state index is 0.00831. The van der Waals surface area contributed by atoms with E-state index >= 15 is 0 Å².